The highest BCUT2D eigenvalue weighted by Crippen LogP contribution is 2.21. The first-order valence-electron chi connectivity index (χ1n) is 6.70. The molecule has 3 nitrogen and oxygen atoms in total. The third-order valence-corrected chi connectivity index (χ3v) is 3.45. The van der Waals surface area contributed by atoms with Gasteiger partial charge in [0, 0.05) is 6.54 Å². The molecular formula is C15H23FN2O. The summed E-state index contributed by atoms with van der Waals surface area (Å²) in [7, 11) is 0. The molecular weight excluding hydrogens is 243 g/mol. The molecule has 2 atom stereocenters. The van der Waals surface area contributed by atoms with Gasteiger partial charge in [-0.2, -0.15) is 0 Å². The molecule has 0 aliphatic rings. The molecule has 0 saturated heterocycles. The van der Waals surface area contributed by atoms with Gasteiger partial charge in [0.15, 0.2) is 0 Å². The van der Waals surface area contributed by atoms with Crippen LogP contribution in [-0.2, 0) is 4.79 Å². The van der Waals surface area contributed by atoms with Crippen LogP contribution in [0.3, 0.4) is 0 Å². The van der Waals surface area contributed by atoms with E-state index in [4.69, 9.17) is 5.73 Å². The molecule has 1 rings (SSSR count). The Hall–Kier alpha value is -1.42. The van der Waals surface area contributed by atoms with E-state index in [9.17, 15) is 9.18 Å². The van der Waals surface area contributed by atoms with Crippen LogP contribution in [0.4, 0.5) is 4.39 Å². The molecule has 0 aliphatic carbocycles. The molecule has 0 spiro atoms. The molecule has 4 heteroatoms. The Bertz CT molecular complexity index is 417. The molecule has 0 saturated carbocycles. The smallest absolute Gasteiger partial charge is 0.240 e. The first-order valence-corrected chi connectivity index (χ1v) is 6.70. The lowest BCUT2D eigenvalue weighted by Crippen LogP contribution is -2.47. The lowest BCUT2D eigenvalue weighted by molar-refractivity contribution is -0.135. The molecule has 0 aromatic heterocycles. The molecule has 0 aliphatic heterocycles. The van der Waals surface area contributed by atoms with Gasteiger partial charge in [-0.1, -0.05) is 26.0 Å². The normalized spacial score (nSPS) is 14.3. The summed E-state index contributed by atoms with van der Waals surface area (Å²) in [4.78, 5) is 14.1. The van der Waals surface area contributed by atoms with Crippen LogP contribution in [0.1, 0.15) is 39.3 Å². The van der Waals surface area contributed by atoms with Gasteiger partial charge >= 0.3 is 0 Å². The summed E-state index contributed by atoms with van der Waals surface area (Å²) in [5.74, 6) is -0.236. The van der Waals surface area contributed by atoms with E-state index in [2.05, 4.69) is 0 Å². The number of carbonyl (C=O) groups excluding carboxylic acids is 1. The van der Waals surface area contributed by atoms with Crippen molar-refractivity contribution in [1.29, 1.82) is 0 Å². The number of amides is 1. The van der Waals surface area contributed by atoms with E-state index in [0.717, 1.165) is 5.56 Å². The Balaban J connectivity index is 2.90. The minimum absolute atomic E-state index is 0.0608. The second-order valence-electron chi connectivity index (χ2n) is 5.12. The molecule has 0 heterocycles. The number of hydrogen-bond acceptors (Lipinski definition) is 2. The maximum Gasteiger partial charge on any atom is 0.240 e. The molecule has 1 unspecified atom stereocenters. The maximum atomic E-state index is 12.9. The van der Waals surface area contributed by atoms with Crippen molar-refractivity contribution in [2.75, 3.05) is 6.54 Å². The zero-order valence-corrected chi connectivity index (χ0v) is 12.1. The molecule has 1 amide bonds. The summed E-state index contributed by atoms with van der Waals surface area (Å²) in [5.41, 5.74) is 6.84. The van der Waals surface area contributed by atoms with Crippen molar-refractivity contribution in [3.05, 3.63) is 35.6 Å². The fourth-order valence-corrected chi connectivity index (χ4v) is 2.02. The van der Waals surface area contributed by atoms with Gasteiger partial charge < -0.3 is 10.6 Å². The van der Waals surface area contributed by atoms with Crippen LogP contribution in [0.2, 0.25) is 0 Å². The third kappa shape index (κ3) is 3.77. The first-order chi connectivity index (χ1) is 8.88. The predicted octanol–water partition coefficient (Wildman–Crippen LogP) is 2.72. The second-order valence-corrected chi connectivity index (χ2v) is 5.12. The second kappa shape index (κ2) is 6.66. The standard InChI is InChI=1S/C15H23FN2O/c1-5-18(15(19)14(17)10(2)3)11(4)12-6-8-13(16)9-7-12/h6-11,14H,5,17H2,1-4H3/t11?,14-/m0/s1. The van der Waals surface area contributed by atoms with E-state index in [-0.39, 0.29) is 23.7 Å². The fourth-order valence-electron chi connectivity index (χ4n) is 2.02. The summed E-state index contributed by atoms with van der Waals surface area (Å²) in [6, 6.07) is 5.62. The zero-order chi connectivity index (χ0) is 14.6. The van der Waals surface area contributed by atoms with E-state index in [0.29, 0.717) is 6.54 Å². The lowest BCUT2D eigenvalue weighted by Gasteiger charge is -2.31. The lowest BCUT2D eigenvalue weighted by atomic mass is 10.0. The number of nitrogens with two attached hydrogens (primary N) is 1. The van der Waals surface area contributed by atoms with Gasteiger partial charge in [-0.05, 0) is 37.5 Å². The Morgan fingerprint density at radius 2 is 1.79 bits per heavy atom. The Kier molecular flexibility index (Phi) is 5.48. The van der Waals surface area contributed by atoms with Gasteiger partial charge in [0.2, 0.25) is 5.91 Å². The van der Waals surface area contributed by atoms with Crippen molar-refractivity contribution in [2.24, 2.45) is 11.7 Å². The minimum atomic E-state index is -0.497. The van der Waals surface area contributed by atoms with Crippen molar-refractivity contribution >= 4 is 5.91 Å². The quantitative estimate of drug-likeness (QED) is 0.890. The number of hydrogen-bond donors (Lipinski definition) is 1. The van der Waals surface area contributed by atoms with Gasteiger partial charge in [-0.3, -0.25) is 4.79 Å². The number of halogens is 1. The average Bonchev–Trinajstić information content (AvgIpc) is 2.38. The van der Waals surface area contributed by atoms with Gasteiger partial charge in [0.05, 0.1) is 12.1 Å². The first kappa shape index (κ1) is 15.6. The van der Waals surface area contributed by atoms with Crippen LogP contribution in [0.25, 0.3) is 0 Å². The van der Waals surface area contributed by atoms with Crippen LogP contribution in [0, 0.1) is 11.7 Å². The Morgan fingerprint density at radius 3 is 2.21 bits per heavy atom. The molecule has 1 aromatic rings. The van der Waals surface area contributed by atoms with Gasteiger partial charge in [0.1, 0.15) is 5.82 Å². The summed E-state index contributed by atoms with van der Waals surface area (Å²) < 4.78 is 12.9. The van der Waals surface area contributed by atoms with E-state index in [1.54, 1.807) is 17.0 Å². The number of benzene rings is 1. The van der Waals surface area contributed by atoms with Crippen molar-refractivity contribution < 1.29 is 9.18 Å². The number of carbonyl (C=O) groups is 1. The Morgan fingerprint density at radius 1 is 1.26 bits per heavy atom. The Labute approximate surface area is 114 Å². The van der Waals surface area contributed by atoms with Crippen molar-refractivity contribution in [1.82, 2.24) is 4.90 Å². The van der Waals surface area contributed by atoms with Gasteiger partial charge in [-0.15, -0.1) is 0 Å². The molecule has 0 bridgehead atoms. The number of nitrogens with zero attached hydrogens (tertiary/aromatic N) is 1. The summed E-state index contributed by atoms with van der Waals surface area (Å²) in [5, 5.41) is 0. The fraction of sp³-hybridized carbons (Fsp3) is 0.533. The molecule has 19 heavy (non-hydrogen) atoms. The highest BCUT2D eigenvalue weighted by molar-refractivity contribution is 5.82. The van der Waals surface area contributed by atoms with Crippen LogP contribution in [-0.4, -0.2) is 23.4 Å². The SMILES string of the molecule is CCN(C(=O)[C@@H](N)C(C)C)C(C)c1ccc(F)cc1. The molecule has 0 fully saturated rings. The van der Waals surface area contributed by atoms with Gasteiger partial charge in [0.25, 0.3) is 0 Å². The highest BCUT2D eigenvalue weighted by atomic mass is 19.1. The predicted molar refractivity (Wildman–Crippen MR) is 75.0 cm³/mol. The van der Waals surface area contributed by atoms with Crippen molar-refractivity contribution in [3.8, 4) is 0 Å². The largest absolute Gasteiger partial charge is 0.335 e. The number of likely N-dealkylation sites (N-methyl/N-ethyl adjacent to an activating group) is 1. The van der Waals surface area contributed by atoms with E-state index < -0.39 is 6.04 Å². The van der Waals surface area contributed by atoms with E-state index in [1.165, 1.54) is 12.1 Å². The van der Waals surface area contributed by atoms with Crippen molar-refractivity contribution in [3.63, 3.8) is 0 Å². The van der Waals surface area contributed by atoms with Crippen molar-refractivity contribution in [2.45, 2.75) is 39.8 Å². The van der Waals surface area contributed by atoms with Crippen LogP contribution in [0.15, 0.2) is 24.3 Å². The van der Waals surface area contributed by atoms with Crippen LogP contribution in [0.5, 0.6) is 0 Å². The van der Waals surface area contributed by atoms with E-state index >= 15 is 0 Å². The zero-order valence-electron chi connectivity index (χ0n) is 12.1. The topological polar surface area (TPSA) is 46.3 Å². The maximum absolute atomic E-state index is 12.9. The van der Waals surface area contributed by atoms with Crippen LogP contribution < -0.4 is 5.73 Å². The third-order valence-electron chi connectivity index (χ3n) is 3.45. The highest BCUT2D eigenvalue weighted by Gasteiger charge is 2.26. The minimum Gasteiger partial charge on any atom is -0.335 e. The number of rotatable bonds is 5. The van der Waals surface area contributed by atoms with Crippen LogP contribution >= 0.6 is 0 Å². The molecule has 0 radical (unpaired) electrons. The summed E-state index contributed by atoms with van der Waals surface area (Å²) in [6.07, 6.45) is 0. The molecule has 2 N–H and O–H groups in total. The summed E-state index contributed by atoms with van der Waals surface area (Å²) in [6.45, 7) is 8.29. The van der Waals surface area contributed by atoms with E-state index in [1.807, 2.05) is 27.7 Å². The molecule has 106 valence electrons. The monoisotopic (exact) mass is 266 g/mol. The molecule has 1 aromatic carbocycles. The summed E-state index contributed by atoms with van der Waals surface area (Å²) >= 11 is 0. The average molecular weight is 266 g/mol. The van der Waals surface area contributed by atoms with Gasteiger partial charge in [-0.25, -0.2) is 4.39 Å².